The van der Waals surface area contributed by atoms with Crippen molar-refractivity contribution in [3.05, 3.63) is 72.3 Å². The minimum Gasteiger partial charge on any atom is -0.497 e. The highest BCUT2D eigenvalue weighted by molar-refractivity contribution is 5.58. The summed E-state index contributed by atoms with van der Waals surface area (Å²) in [5, 5.41) is 6.39. The fraction of sp³-hybridized carbons (Fsp3) is 0.158. The maximum Gasteiger partial charge on any atom is 0.135 e. The number of methoxy groups -OCH3 is 1. The molecular weight excluding hydrogens is 319 g/mol. The number of halogens is 1. The van der Waals surface area contributed by atoms with Crippen molar-refractivity contribution in [2.75, 3.05) is 24.3 Å². The summed E-state index contributed by atoms with van der Waals surface area (Å²) >= 11 is 0. The zero-order valence-electron chi connectivity index (χ0n) is 13.9. The lowest BCUT2D eigenvalue weighted by Gasteiger charge is -2.09. The van der Waals surface area contributed by atoms with E-state index in [4.69, 9.17) is 4.74 Å². The van der Waals surface area contributed by atoms with Gasteiger partial charge in [0.15, 0.2) is 0 Å². The second kappa shape index (κ2) is 8.10. The van der Waals surface area contributed by atoms with E-state index in [0.717, 1.165) is 30.2 Å². The van der Waals surface area contributed by atoms with Crippen LogP contribution in [0.3, 0.4) is 0 Å². The Bertz CT molecular complexity index is 824. The van der Waals surface area contributed by atoms with Crippen molar-refractivity contribution in [1.29, 1.82) is 0 Å². The molecule has 1 heterocycles. The van der Waals surface area contributed by atoms with Gasteiger partial charge < -0.3 is 15.4 Å². The molecule has 0 unspecified atom stereocenters. The van der Waals surface area contributed by atoms with Crippen LogP contribution in [-0.4, -0.2) is 23.6 Å². The maximum absolute atomic E-state index is 12.9. The SMILES string of the molecule is COc1cccc(CCNc2cc(Nc3ccc(F)cc3)ncn2)c1. The third kappa shape index (κ3) is 4.91. The van der Waals surface area contributed by atoms with E-state index in [2.05, 4.69) is 26.7 Å². The van der Waals surface area contributed by atoms with E-state index >= 15 is 0 Å². The molecule has 0 spiro atoms. The Morgan fingerprint density at radius 3 is 2.60 bits per heavy atom. The summed E-state index contributed by atoms with van der Waals surface area (Å²) in [4.78, 5) is 8.39. The van der Waals surface area contributed by atoms with E-state index in [1.54, 1.807) is 19.2 Å². The summed E-state index contributed by atoms with van der Waals surface area (Å²) in [6.45, 7) is 0.736. The molecule has 0 bridgehead atoms. The minimum atomic E-state index is -0.270. The van der Waals surface area contributed by atoms with Gasteiger partial charge in [-0.05, 0) is 48.4 Å². The van der Waals surface area contributed by atoms with Crippen LogP contribution in [0, 0.1) is 5.82 Å². The molecule has 0 aliphatic carbocycles. The molecule has 0 aliphatic rings. The number of nitrogens with one attached hydrogen (secondary N) is 2. The van der Waals surface area contributed by atoms with Gasteiger partial charge in [-0.3, -0.25) is 0 Å². The number of nitrogens with zero attached hydrogens (tertiary/aromatic N) is 2. The maximum atomic E-state index is 12.9. The Labute approximate surface area is 145 Å². The molecule has 3 rings (SSSR count). The summed E-state index contributed by atoms with van der Waals surface area (Å²) in [5.74, 6) is 1.95. The van der Waals surface area contributed by atoms with E-state index in [1.165, 1.54) is 24.0 Å². The van der Waals surface area contributed by atoms with E-state index < -0.39 is 0 Å². The molecule has 128 valence electrons. The number of hydrogen-bond donors (Lipinski definition) is 2. The molecule has 0 fully saturated rings. The van der Waals surface area contributed by atoms with Crippen molar-refractivity contribution < 1.29 is 9.13 Å². The zero-order valence-corrected chi connectivity index (χ0v) is 13.9. The monoisotopic (exact) mass is 338 g/mol. The molecule has 5 nitrogen and oxygen atoms in total. The van der Waals surface area contributed by atoms with Crippen LogP contribution in [-0.2, 0) is 6.42 Å². The van der Waals surface area contributed by atoms with Crippen molar-refractivity contribution in [2.45, 2.75) is 6.42 Å². The van der Waals surface area contributed by atoms with Crippen LogP contribution in [0.15, 0.2) is 60.9 Å². The van der Waals surface area contributed by atoms with E-state index in [0.29, 0.717) is 5.82 Å². The van der Waals surface area contributed by atoms with Crippen molar-refractivity contribution >= 4 is 17.3 Å². The van der Waals surface area contributed by atoms with Gasteiger partial charge in [0.05, 0.1) is 7.11 Å². The lowest BCUT2D eigenvalue weighted by Crippen LogP contribution is -2.07. The van der Waals surface area contributed by atoms with Crippen LogP contribution in [0.2, 0.25) is 0 Å². The van der Waals surface area contributed by atoms with Crippen LogP contribution < -0.4 is 15.4 Å². The normalized spacial score (nSPS) is 10.3. The molecule has 0 amide bonds. The molecule has 0 saturated heterocycles. The summed E-state index contributed by atoms with van der Waals surface area (Å²) in [6, 6.07) is 15.9. The van der Waals surface area contributed by atoms with Gasteiger partial charge >= 0.3 is 0 Å². The first-order valence-electron chi connectivity index (χ1n) is 7.94. The van der Waals surface area contributed by atoms with E-state index in [1.807, 2.05) is 24.3 Å². The second-order valence-electron chi connectivity index (χ2n) is 5.45. The molecule has 2 N–H and O–H groups in total. The Balaban J connectivity index is 1.57. The first-order valence-corrected chi connectivity index (χ1v) is 7.94. The average molecular weight is 338 g/mol. The summed E-state index contributed by atoms with van der Waals surface area (Å²) < 4.78 is 18.2. The molecule has 0 atom stereocenters. The number of hydrogen-bond acceptors (Lipinski definition) is 5. The van der Waals surface area contributed by atoms with Crippen molar-refractivity contribution in [2.24, 2.45) is 0 Å². The lowest BCUT2D eigenvalue weighted by atomic mass is 10.1. The van der Waals surface area contributed by atoms with Gasteiger partial charge in [0.1, 0.15) is 29.5 Å². The van der Waals surface area contributed by atoms with Crippen molar-refractivity contribution in [3.8, 4) is 5.75 Å². The smallest absolute Gasteiger partial charge is 0.135 e. The number of ether oxygens (including phenoxy) is 1. The van der Waals surface area contributed by atoms with E-state index in [9.17, 15) is 4.39 Å². The number of aromatic nitrogens is 2. The second-order valence-corrected chi connectivity index (χ2v) is 5.45. The molecule has 0 aliphatic heterocycles. The number of anilines is 3. The average Bonchev–Trinajstić information content (AvgIpc) is 2.64. The largest absolute Gasteiger partial charge is 0.497 e. The summed E-state index contributed by atoms with van der Waals surface area (Å²) in [7, 11) is 1.66. The highest BCUT2D eigenvalue weighted by atomic mass is 19.1. The van der Waals surface area contributed by atoms with Gasteiger partial charge in [0, 0.05) is 18.3 Å². The van der Waals surface area contributed by atoms with Gasteiger partial charge in [0.25, 0.3) is 0 Å². The number of rotatable bonds is 7. The molecular formula is C19H19FN4O. The molecule has 3 aromatic rings. The van der Waals surface area contributed by atoms with Crippen molar-refractivity contribution in [1.82, 2.24) is 9.97 Å². The number of benzene rings is 2. The quantitative estimate of drug-likeness (QED) is 0.681. The van der Waals surface area contributed by atoms with Crippen LogP contribution in [0.1, 0.15) is 5.56 Å². The molecule has 2 aromatic carbocycles. The fourth-order valence-electron chi connectivity index (χ4n) is 2.37. The Morgan fingerprint density at radius 2 is 1.80 bits per heavy atom. The fourth-order valence-corrected chi connectivity index (χ4v) is 2.37. The minimum absolute atomic E-state index is 0.270. The lowest BCUT2D eigenvalue weighted by molar-refractivity contribution is 0.414. The Hall–Kier alpha value is -3.15. The third-order valence-corrected chi connectivity index (χ3v) is 3.64. The highest BCUT2D eigenvalue weighted by Gasteiger charge is 2.01. The molecule has 6 heteroatoms. The van der Waals surface area contributed by atoms with Gasteiger partial charge in [-0.2, -0.15) is 0 Å². The summed E-state index contributed by atoms with van der Waals surface area (Å²) in [5.41, 5.74) is 1.95. The molecule has 1 aromatic heterocycles. The van der Waals surface area contributed by atoms with Crippen LogP contribution >= 0.6 is 0 Å². The van der Waals surface area contributed by atoms with E-state index in [-0.39, 0.29) is 5.82 Å². The van der Waals surface area contributed by atoms with Crippen molar-refractivity contribution in [3.63, 3.8) is 0 Å². The van der Waals surface area contributed by atoms with Gasteiger partial charge in [-0.1, -0.05) is 12.1 Å². The molecule has 0 saturated carbocycles. The van der Waals surface area contributed by atoms with Gasteiger partial charge in [-0.25, -0.2) is 14.4 Å². The Kier molecular flexibility index (Phi) is 5.41. The molecule has 0 radical (unpaired) electrons. The standard InChI is InChI=1S/C19H19FN4O/c1-25-17-4-2-3-14(11-17)9-10-21-18-12-19(23-13-22-18)24-16-7-5-15(20)6-8-16/h2-8,11-13H,9-10H2,1H3,(H2,21,22,23,24). The third-order valence-electron chi connectivity index (χ3n) is 3.64. The molecule has 25 heavy (non-hydrogen) atoms. The van der Waals surface area contributed by atoms with Gasteiger partial charge in [0.2, 0.25) is 0 Å². The summed E-state index contributed by atoms with van der Waals surface area (Å²) in [6.07, 6.45) is 2.33. The van der Waals surface area contributed by atoms with Crippen LogP contribution in [0.25, 0.3) is 0 Å². The highest BCUT2D eigenvalue weighted by Crippen LogP contribution is 2.17. The Morgan fingerprint density at radius 1 is 1.00 bits per heavy atom. The predicted octanol–water partition coefficient (Wildman–Crippen LogP) is 4.02. The first kappa shape index (κ1) is 16.7. The zero-order chi connectivity index (χ0) is 17.5. The van der Waals surface area contributed by atoms with Crippen LogP contribution in [0.4, 0.5) is 21.7 Å². The topological polar surface area (TPSA) is 59.1 Å². The van der Waals surface area contributed by atoms with Crippen LogP contribution in [0.5, 0.6) is 5.75 Å². The van der Waals surface area contributed by atoms with Gasteiger partial charge in [-0.15, -0.1) is 0 Å². The first-order chi connectivity index (χ1) is 12.2. The predicted molar refractivity (Wildman–Crippen MR) is 96.9 cm³/mol.